The van der Waals surface area contributed by atoms with Crippen LogP contribution in [0.4, 0.5) is 0 Å². The van der Waals surface area contributed by atoms with E-state index in [4.69, 9.17) is 0 Å². The van der Waals surface area contributed by atoms with Gasteiger partial charge < -0.3 is 0 Å². The van der Waals surface area contributed by atoms with Crippen LogP contribution < -0.4 is 0 Å². The summed E-state index contributed by atoms with van der Waals surface area (Å²) in [4.78, 5) is 1.14. The molecule has 5 nitrogen and oxygen atoms in total. The molecule has 2 aromatic heterocycles. The van der Waals surface area contributed by atoms with Crippen molar-refractivity contribution >= 4 is 37.3 Å². The van der Waals surface area contributed by atoms with Gasteiger partial charge in [-0.25, -0.2) is 8.42 Å². The quantitative estimate of drug-likeness (QED) is 0.837. The fraction of sp³-hybridized carbons (Fsp3) is 0.364. The first kappa shape index (κ1) is 14.7. The number of thiophene rings is 1. The van der Waals surface area contributed by atoms with Crippen molar-refractivity contribution in [2.45, 2.75) is 18.4 Å². The Hall–Kier alpha value is -0.700. The molecule has 0 bridgehead atoms. The maximum absolute atomic E-state index is 12.5. The van der Waals surface area contributed by atoms with Crippen molar-refractivity contribution in [1.82, 2.24) is 14.1 Å². The van der Waals surface area contributed by atoms with Crippen LogP contribution in [0.25, 0.3) is 0 Å². The standard InChI is InChI=1S/C11H14BrN3O2S2/c1-8-10(4-11(12)18-8)19(16,17)15(3)7-9-5-13-14(2)6-9/h4-6H,7H2,1-3H3. The number of halogens is 1. The molecule has 2 heterocycles. The summed E-state index contributed by atoms with van der Waals surface area (Å²) in [5.41, 5.74) is 0.862. The van der Waals surface area contributed by atoms with E-state index in [1.165, 1.54) is 15.6 Å². The van der Waals surface area contributed by atoms with Crippen molar-refractivity contribution in [3.63, 3.8) is 0 Å². The average Bonchev–Trinajstić information content (AvgIpc) is 2.85. The Morgan fingerprint density at radius 1 is 1.53 bits per heavy atom. The third-order valence-corrected chi connectivity index (χ3v) is 6.31. The highest BCUT2D eigenvalue weighted by Crippen LogP contribution is 2.31. The molecular weight excluding hydrogens is 350 g/mol. The molecule has 19 heavy (non-hydrogen) atoms. The van der Waals surface area contributed by atoms with Crippen LogP contribution in [0.5, 0.6) is 0 Å². The summed E-state index contributed by atoms with van der Waals surface area (Å²) in [5, 5.41) is 4.04. The van der Waals surface area contributed by atoms with E-state index in [0.717, 1.165) is 14.2 Å². The zero-order valence-electron chi connectivity index (χ0n) is 10.8. The molecule has 8 heteroatoms. The van der Waals surface area contributed by atoms with E-state index in [2.05, 4.69) is 21.0 Å². The number of hydrogen-bond acceptors (Lipinski definition) is 4. The molecule has 0 radical (unpaired) electrons. The molecular formula is C11H14BrN3O2S2. The Bertz CT molecular complexity index is 691. The molecule has 104 valence electrons. The van der Waals surface area contributed by atoms with E-state index in [1.807, 2.05) is 6.20 Å². The van der Waals surface area contributed by atoms with Gasteiger partial charge >= 0.3 is 0 Å². The molecule has 0 N–H and O–H groups in total. The van der Waals surface area contributed by atoms with Crippen LogP contribution in [0.2, 0.25) is 0 Å². The zero-order chi connectivity index (χ0) is 14.2. The van der Waals surface area contributed by atoms with Gasteiger partial charge in [0.15, 0.2) is 0 Å². The largest absolute Gasteiger partial charge is 0.275 e. The Morgan fingerprint density at radius 2 is 2.21 bits per heavy atom. The molecule has 0 unspecified atom stereocenters. The smallest absolute Gasteiger partial charge is 0.244 e. The molecule has 0 aromatic carbocycles. The second kappa shape index (κ2) is 5.35. The number of aromatic nitrogens is 2. The van der Waals surface area contributed by atoms with Crippen LogP contribution in [0.15, 0.2) is 27.1 Å². The topological polar surface area (TPSA) is 55.2 Å². The zero-order valence-corrected chi connectivity index (χ0v) is 14.0. The lowest BCUT2D eigenvalue weighted by atomic mass is 10.4. The van der Waals surface area contributed by atoms with Gasteiger partial charge in [0.1, 0.15) is 0 Å². The summed E-state index contributed by atoms with van der Waals surface area (Å²) in [6.45, 7) is 2.11. The minimum Gasteiger partial charge on any atom is -0.275 e. The summed E-state index contributed by atoms with van der Waals surface area (Å²) in [6.07, 6.45) is 3.48. The monoisotopic (exact) mass is 363 g/mol. The van der Waals surface area contributed by atoms with E-state index >= 15 is 0 Å². The SMILES string of the molecule is Cc1sc(Br)cc1S(=O)(=O)N(C)Cc1cnn(C)c1. The van der Waals surface area contributed by atoms with Crippen molar-refractivity contribution in [3.8, 4) is 0 Å². The number of sulfonamides is 1. The van der Waals surface area contributed by atoms with Crippen molar-refractivity contribution < 1.29 is 8.42 Å². The van der Waals surface area contributed by atoms with Gasteiger partial charge in [0.2, 0.25) is 10.0 Å². The van der Waals surface area contributed by atoms with Crippen LogP contribution in [0.3, 0.4) is 0 Å². The van der Waals surface area contributed by atoms with Crippen molar-refractivity contribution in [3.05, 3.63) is 32.7 Å². The Balaban J connectivity index is 2.27. The van der Waals surface area contributed by atoms with Crippen LogP contribution >= 0.6 is 27.3 Å². The fourth-order valence-electron chi connectivity index (χ4n) is 1.75. The maximum Gasteiger partial charge on any atom is 0.244 e. The van der Waals surface area contributed by atoms with Crippen molar-refractivity contribution in [1.29, 1.82) is 0 Å². The predicted molar refractivity (Wildman–Crippen MR) is 78.6 cm³/mol. The first-order valence-electron chi connectivity index (χ1n) is 5.50. The molecule has 0 spiro atoms. The number of hydrogen-bond donors (Lipinski definition) is 0. The average molecular weight is 364 g/mol. The summed E-state index contributed by atoms with van der Waals surface area (Å²) < 4.78 is 28.7. The lowest BCUT2D eigenvalue weighted by Crippen LogP contribution is -2.26. The fourth-order valence-corrected chi connectivity index (χ4v) is 5.29. The highest BCUT2D eigenvalue weighted by Gasteiger charge is 2.25. The summed E-state index contributed by atoms with van der Waals surface area (Å²) in [6, 6.07) is 1.65. The molecule has 2 aromatic rings. The molecule has 0 amide bonds. The third kappa shape index (κ3) is 3.07. The van der Waals surface area contributed by atoms with Gasteiger partial charge in [-0.15, -0.1) is 11.3 Å². The van der Waals surface area contributed by atoms with Gasteiger partial charge in [-0.1, -0.05) is 0 Å². The van der Waals surface area contributed by atoms with Crippen LogP contribution in [-0.4, -0.2) is 29.6 Å². The Morgan fingerprint density at radius 3 is 2.68 bits per heavy atom. The lowest BCUT2D eigenvalue weighted by Gasteiger charge is -2.15. The third-order valence-electron chi connectivity index (χ3n) is 2.69. The van der Waals surface area contributed by atoms with Gasteiger partial charge in [-0.2, -0.15) is 9.40 Å². The predicted octanol–water partition coefficient (Wildman–Crippen LogP) is 2.37. The molecule has 0 aliphatic carbocycles. The van der Waals surface area contributed by atoms with Gasteiger partial charge in [0, 0.05) is 37.3 Å². The van der Waals surface area contributed by atoms with E-state index in [9.17, 15) is 8.42 Å². The van der Waals surface area contributed by atoms with Crippen LogP contribution in [-0.2, 0) is 23.6 Å². The second-order valence-corrected chi connectivity index (χ2v) is 8.90. The molecule has 0 fully saturated rings. The Kier molecular flexibility index (Phi) is 4.14. The van der Waals surface area contributed by atoms with Crippen LogP contribution in [0.1, 0.15) is 10.4 Å². The Labute approximate surface area is 125 Å². The van der Waals surface area contributed by atoms with Gasteiger partial charge in [0.25, 0.3) is 0 Å². The first-order valence-corrected chi connectivity index (χ1v) is 8.55. The minimum absolute atomic E-state index is 0.309. The first-order chi connectivity index (χ1) is 8.80. The van der Waals surface area contributed by atoms with Gasteiger partial charge in [-0.05, 0) is 28.9 Å². The second-order valence-electron chi connectivity index (χ2n) is 4.25. The number of nitrogens with zero attached hydrogens (tertiary/aromatic N) is 3. The number of rotatable bonds is 4. The van der Waals surface area contributed by atoms with Crippen LogP contribution in [0, 0.1) is 6.92 Å². The van der Waals surface area contributed by atoms with Crippen molar-refractivity contribution in [2.75, 3.05) is 7.05 Å². The van der Waals surface area contributed by atoms with Crippen molar-refractivity contribution in [2.24, 2.45) is 7.05 Å². The normalized spacial score (nSPS) is 12.3. The summed E-state index contributed by atoms with van der Waals surface area (Å²) in [7, 11) is -0.0806. The molecule has 0 saturated heterocycles. The van der Waals surface area contributed by atoms with E-state index in [1.54, 1.807) is 38.0 Å². The summed E-state index contributed by atoms with van der Waals surface area (Å²) >= 11 is 4.74. The molecule has 0 atom stereocenters. The molecule has 0 aliphatic rings. The van der Waals surface area contributed by atoms with E-state index in [-0.39, 0.29) is 0 Å². The summed E-state index contributed by atoms with van der Waals surface area (Å²) in [5.74, 6) is 0. The minimum atomic E-state index is -3.46. The molecule has 0 saturated carbocycles. The van der Waals surface area contributed by atoms with E-state index < -0.39 is 10.0 Å². The highest BCUT2D eigenvalue weighted by molar-refractivity contribution is 9.11. The molecule has 0 aliphatic heterocycles. The molecule has 2 rings (SSSR count). The van der Waals surface area contributed by atoms with E-state index in [0.29, 0.717) is 11.4 Å². The lowest BCUT2D eigenvalue weighted by molar-refractivity contribution is 0.466. The van der Waals surface area contributed by atoms with Gasteiger partial charge in [0.05, 0.1) is 14.9 Å². The van der Waals surface area contributed by atoms with Gasteiger partial charge in [-0.3, -0.25) is 4.68 Å². The maximum atomic E-state index is 12.5. The number of aryl methyl sites for hydroxylation is 2. The highest BCUT2D eigenvalue weighted by atomic mass is 79.9.